The molecule has 1 amide bonds. The Labute approximate surface area is 169 Å². The third-order valence-electron chi connectivity index (χ3n) is 5.22. The highest BCUT2D eigenvalue weighted by molar-refractivity contribution is 5.86. The number of hydrogen-bond acceptors (Lipinski definition) is 6. The average molecular weight is 395 g/mol. The lowest BCUT2D eigenvalue weighted by atomic mass is 10.1. The average Bonchev–Trinajstić information content (AvgIpc) is 3.18. The summed E-state index contributed by atoms with van der Waals surface area (Å²) in [6, 6.07) is 13.7. The first-order chi connectivity index (χ1) is 14.1. The summed E-state index contributed by atoms with van der Waals surface area (Å²) in [6.45, 7) is 4.73. The maximum Gasteiger partial charge on any atom is 0.410 e. The van der Waals surface area contributed by atoms with E-state index in [0.29, 0.717) is 11.3 Å². The largest absolute Gasteiger partial charge is 0.497 e. The number of anilines is 1. The smallest absolute Gasteiger partial charge is 0.410 e. The van der Waals surface area contributed by atoms with Gasteiger partial charge in [-0.05, 0) is 36.2 Å². The van der Waals surface area contributed by atoms with E-state index in [1.807, 2.05) is 18.2 Å². The second-order valence-electron chi connectivity index (χ2n) is 7.06. The van der Waals surface area contributed by atoms with Gasteiger partial charge in [0.25, 0.3) is 0 Å². The Bertz CT molecular complexity index is 978. The molecule has 2 aromatic carbocycles. The monoisotopic (exact) mass is 395 g/mol. The summed E-state index contributed by atoms with van der Waals surface area (Å²) in [7, 11) is 1.68. The number of rotatable bonds is 6. The van der Waals surface area contributed by atoms with Gasteiger partial charge in [-0.2, -0.15) is 0 Å². The number of nitrogens with zero attached hydrogens (tertiary/aromatic N) is 3. The molecule has 1 aliphatic heterocycles. The maximum absolute atomic E-state index is 11.1. The van der Waals surface area contributed by atoms with Crippen molar-refractivity contribution in [3.8, 4) is 11.5 Å². The van der Waals surface area contributed by atoms with Gasteiger partial charge in [0.15, 0.2) is 5.75 Å². The van der Waals surface area contributed by atoms with Crippen LogP contribution >= 0.6 is 0 Å². The van der Waals surface area contributed by atoms with Gasteiger partial charge in [-0.15, -0.1) is 0 Å². The number of carbonyl (C=O) groups is 1. The molecule has 0 unspecified atom stereocenters. The van der Waals surface area contributed by atoms with Crippen molar-refractivity contribution >= 4 is 23.1 Å². The number of carbonyl (C=O) groups excluding carboxylic acids is 1. The summed E-state index contributed by atoms with van der Waals surface area (Å²) >= 11 is 0. The second-order valence-corrected chi connectivity index (χ2v) is 7.06. The Hall–Kier alpha value is -3.26. The third kappa shape index (κ3) is 4.43. The Morgan fingerprint density at radius 2 is 1.90 bits per heavy atom. The molecule has 0 saturated carbocycles. The zero-order valence-electron chi connectivity index (χ0n) is 16.4. The number of para-hydroxylation sites is 1. The first-order valence-corrected chi connectivity index (χ1v) is 9.68. The molecule has 3 N–H and O–H groups in total. The minimum absolute atomic E-state index is 0.371. The Morgan fingerprint density at radius 3 is 2.59 bits per heavy atom. The van der Waals surface area contributed by atoms with Crippen molar-refractivity contribution in [2.75, 3.05) is 44.7 Å². The molecule has 0 bridgehead atoms. The zero-order chi connectivity index (χ0) is 20.2. The van der Waals surface area contributed by atoms with Gasteiger partial charge in [0.2, 0.25) is 5.95 Å². The van der Waals surface area contributed by atoms with Crippen molar-refractivity contribution in [2.45, 2.75) is 6.42 Å². The van der Waals surface area contributed by atoms with Crippen LogP contribution in [0.5, 0.6) is 11.5 Å². The summed E-state index contributed by atoms with van der Waals surface area (Å²) in [5.74, 6) is 2.04. The molecular weight excluding hydrogens is 370 g/mol. The first kappa shape index (κ1) is 19.1. The number of benzene rings is 2. The van der Waals surface area contributed by atoms with Crippen LogP contribution in [0.15, 0.2) is 42.5 Å². The number of nitrogens with two attached hydrogens (primary N) is 1. The lowest BCUT2D eigenvalue weighted by molar-refractivity contribution is 0.211. The highest BCUT2D eigenvalue weighted by atomic mass is 16.5. The van der Waals surface area contributed by atoms with Gasteiger partial charge < -0.3 is 25.1 Å². The summed E-state index contributed by atoms with van der Waals surface area (Å²) < 4.78 is 10.3. The van der Waals surface area contributed by atoms with Crippen molar-refractivity contribution in [2.24, 2.45) is 5.73 Å². The van der Waals surface area contributed by atoms with E-state index in [9.17, 15) is 4.79 Å². The van der Waals surface area contributed by atoms with E-state index in [4.69, 9.17) is 15.2 Å². The first-order valence-electron chi connectivity index (χ1n) is 9.68. The van der Waals surface area contributed by atoms with Crippen LogP contribution in [0.2, 0.25) is 0 Å². The van der Waals surface area contributed by atoms with Crippen LogP contribution in [0.3, 0.4) is 0 Å². The molecule has 152 valence electrons. The fraction of sp³-hybridized carbons (Fsp3) is 0.333. The summed E-state index contributed by atoms with van der Waals surface area (Å²) in [5, 5.41) is 0. The van der Waals surface area contributed by atoms with Crippen molar-refractivity contribution in [1.29, 1.82) is 0 Å². The molecule has 1 aliphatic rings. The second kappa shape index (κ2) is 8.40. The SMILES string of the molecule is COc1ccc(CCN2CCN(c3nc4c(OC(N)=O)cccc4[nH]3)CC2)cc1. The van der Waals surface area contributed by atoms with Crippen LogP contribution in [0.1, 0.15) is 5.56 Å². The van der Waals surface area contributed by atoms with Gasteiger partial charge in [0, 0.05) is 32.7 Å². The zero-order valence-corrected chi connectivity index (χ0v) is 16.4. The number of piperazine rings is 1. The number of fused-ring (bicyclic) bond motifs is 1. The number of primary amides is 1. The highest BCUT2D eigenvalue weighted by Gasteiger charge is 2.20. The summed E-state index contributed by atoms with van der Waals surface area (Å²) in [5.41, 5.74) is 7.89. The van der Waals surface area contributed by atoms with Gasteiger partial charge in [-0.3, -0.25) is 4.90 Å². The van der Waals surface area contributed by atoms with Crippen LogP contribution in [0.4, 0.5) is 10.7 Å². The number of aromatic amines is 1. The van der Waals surface area contributed by atoms with Crippen LogP contribution in [0.25, 0.3) is 11.0 Å². The number of ether oxygens (including phenoxy) is 2. The number of H-pyrrole nitrogens is 1. The number of nitrogens with one attached hydrogen (secondary N) is 1. The Morgan fingerprint density at radius 1 is 1.14 bits per heavy atom. The van der Waals surface area contributed by atoms with E-state index in [-0.39, 0.29) is 0 Å². The molecule has 0 spiro atoms. The van der Waals surface area contributed by atoms with Crippen LogP contribution < -0.4 is 20.1 Å². The van der Waals surface area contributed by atoms with Crippen LogP contribution in [-0.2, 0) is 6.42 Å². The number of methoxy groups -OCH3 is 1. The fourth-order valence-corrected chi connectivity index (χ4v) is 3.60. The molecule has 1 aromatic heterocycles. The minimum Gasteiger partial charge on any atom is -0.497 e. The molecule has 8 heteroatoms. The molecule has 8 nitrogen and oxygen atoms in total. The quantitative estimate of drug-likeness (QED) is 0.665. The number of amides is 1. The fourth-order valence-electron chi connectivity index (χ4n) is 3.60. The lowest BCUT2D eigenvalue weighted by Gasteiger charge is -2.34. The topological polar surface area (TPSA) is 96.7 Å². The van der Waals surface area contributed by atoms with Crippen molar-refractivity contribution in [3.63, 3.8) is 0 Å². The van der Waals surface area contributed by atoms with E-state index in [0.717, 1.165) is 56.4 Å². The van der Waals surface area contributed by atoms with Gasteiger partial charge >= 0.3 is 6.09 Å². The summed E-state index contributed by atoms with van der Waals surface area (Å²) in [4.78, 5) is 23.7. The molecule has 3 aromatic rings. The van der Waals surface area contributed by atoms with Crippen LogP contribution in [0, 0.1) is 0 Å². The normalized spacial score (nSPS) is 14.9. The predicted octanol–water partition coefficient (Wildman–Crippen LogP) is 2.39. The van der Waals surface area contributed by atoms with Crippen LogP contribution in [-0.4, -0.2) is 60.8 Å². The number of hydrogen-bond donors (Lipinski definition) is 2. The molecule has 4 rings (SSSR count). The standard InChI is InChI=1S/C21H25N5O3/c1-28-16-7-5-15(6-8-16)9-10-25-11-13-26(14-12-25)21-23-17-3-2-4-18(19(17)24-21)29-20(22)27/h2-8H,9-14H2,1H3,(H2,22,27)(H,23,24). The molecule has 1 fully saturated rings. The molecule has 29 heavy (non-hydrogen) atoms. The predicted molar refractivity (Wildman–Crippen MR) is 112 cm³/mol. The van der Waals surface area contributed by atoms with Gasteiger partial charge in [-0.25, -0.2) is 9.78 Å². The van der Waals surface area contributed by atoms with Crippen molar-refractivity contribution in [3.05, 3.63) is 48.0 Å². The van der Waals surface area contributed by atoms with Crippen molar-refractivity contribution in [1.82, 2.24) is 14.9 Å². The minimum atomic E-state index is -0.840. The van der Waals surface area contributed by atoms with E-state index in [1.54, 1.807) is 19.2 Å². The lowest BCUT2D eigenvalue weighted by Crippen LogP contribution is -2.47. The van der Waals surface area contributed by atoms with E-state index >= 15 is 0 Å². The number of imidazole rings is 1. The number of aromatic nitrogens is 2. The molecule has 1 saturated heterocycles. The van der Waals surface area contributed by atoms with E-state index in [2.05, 4.69) is 31.9 Å². The van der Waals surface area contributed by atoms with E-state index in [1.165, 1.54) is 5.56 Å². The molecule has 0 radical (unpaired) electrons. The van der Waals surface area contributed by atoms with Gasteiger partial charge in [0.05, 0.1) is 12.6 Å². The third-order valence-corrected chi connectivity index (χ3v) is 5.22. The van der Waals surface area contributed by atoms with Gasteiger partial charge in [0.1, 0.15) is 11.3 Å². The Kier molecular flexibility index (Phi) is 5.53. The molecular formula is C21H25N5O3. The maximum atomic E-state index is 11.1. The van der Waals surface area contributed by atoms with Gasteiger partial charge in [-0.1, -0.05) is 18.2 Å². The highest BCUT2D eigenvalue weighted by Crippen LogP contribution is 2.26. The molecule has 0 aliphatic carbocycles. The van der Waals surface area contributed by atoms with E-state index < -0.39 is 6.09 Å². The van der Waals surface area contributed by atoms with Crippen molar-refractivity contribution < 1.29 is 14.3 Å². The summed E-state index contributed by atoms with van der Waals surface area (Å²) in [6.07, 6.45) is 0.176. The molecule has 2 heterocycles. The molecule has 0 atom stereocenters. The Balaban J connectivity index is 1.35.